The van der Waals surface area contributed by atoms with Crippen LogP contribution in [0, 0.1) is 0 Å². The summed E-state index contributed by atoms with van der Waals surface area (Å²) in [5.41, 5.74) is 5.62. The average Bonchev–Trinajstić information content (AvgIpc) is 2.41. The fourth-order valence-electron chi connectivity index (χ4n) is 1.76. The van der Waals surface area contributed by atoms with Crippen molar-refractivity contribution in [1.82, 2.24) is 20.3 Å². The molecule has 98 valence electrons. The standard InChI is InChI=1S/C11H18N6O/c1-16-5-7-17(8-6-16)15-11(18)9-3-2-4-10(13-9)14-12/h2-4H,5-8,12H2,1H3,(H,13,14)(H,15,18). The van der Waals surface area contributed by atoms with Crippen molar-refractivity contribution in [1.29, 1.82) is 0 Å². The molecule has 0 spiro atoms. The largest absolute Gasteiger partial charge is 0.308 e. The summed E-state index contributed by atoms with van der Waals surface area (Å²) in [5.74, 6) is 5.52. The van der Waals surface area contributed by atoms with E-state index in [1.165, 1.54) is 0 Å². The highest BCUT2D eigenvalue weighted by Crippen LogP contribution is 2.04. The zero-order chi connectivity index (χ0) is 13.0. The van der Waals surface area contributed by atoms with Gasteiger partial charge in [0.15, 0.2) is 0 Å². The molecular weight excluding hydrogens is 232 g/mol. The number of aromatic nitrogens is 1. The molecule has 2 heterocycles. The predicted molar refractivity (Wildman–Crippen MR) is 68.6 cm³/mol. The van der Waals surface area contributed by atoms with Crippen molar-refractivity contribution < 1.29 is 4.79 Å². The van der Waals surface area contributed by atoms with Crippen LogP contribution in [-0.2, 0) is 0 Å². The molecule has 0 aromatic carbocycles. The maximum atomic E-state index is 12.0. The van der Waals surface area contributed by atoms with Crippen LogP contribution in [0.1, 0.15) is 10.5 Å². The third kappa shape index (κ3) is 3.16. The molecule has 4 N–H and O–H groups in total. The Balaban J connectivity index is 1.94. The molecule has 7 nitrogen and oxygen atoms in total. The molecule has 1 aromatic heterocycles. The first-order chi connectivity index (χ1) is 8.69. The van der Waals surface area contributed by atoms with E-state index in [0.29, 0.717) is 11.5 Å². The Hall–Kier alpha value is -1.70. The van der Waals surface area contributed by atoms with E-state index in [1.807, 2.05) is 5.01 Å². The molecule has 1 aromatic rings. The van der Waals surface area contributed by atoms with Crippen molar-refractivity contribution in [2.75, 3.05) is 38.7 Å². The van der Waals surface area contributed by atoms with Crippen molar-refractivity contribution >= 4 is 11.7 Å². The second kappa shape index (κ2) is 5.76. The number of anilines is 1. The fourth-order valence-corrected chi connectivity index (χ4v) is 1.76. The number of hydrogen-bond donors (Lipinski definition) is 3. The number of nitrogens with two attached hydrogens (primary N) is 1. The van der Waals surface area contributed by atoms with Crippen LogP contribution < -0.4 is 16.7 Å². The number of piperazine rings is 1. The summed E-state index contributed by atoms with van der Waals surface area (Å²) in [7, 11) is 2.07. The molecule has 1 aliphatic rings. The first kappa shape index (κ1) is 12.7. The molecule has 0 atom stereocenters. The van der Waals surface area contributed by atoms with E-state index in [9.17, 15) is 4.79 Å². The molecule has 1 aliphatic heterocycles. The van der Waals surface area contributed by atoms with Gasteiger partial charge in [-0.05, 0) is 19.2 Å². The maximum Gasteiger partial charge on any atom is 0.284 e. The number of carbonyl (C=O) groups excluding carboxylic acids is 1. The van der Waals surface area contributed by atoms with E-state index in [4.69, 9.17) is 5.84 Å². The summed E-state index contributed by atoms with van der Waals surface area (Å²) in [6.45, 7) is 3.52. The molecule has 0 aliphatic carbocycles. The summed E-state index contributed by atoms with van der Waals surface area (Å²) in [5, 5.41) is 1.91. The Labute approximate surface area is 106 Å². The van der Waals surface area contributed by atoms with Gasteiger partial charge < -0.3 is 10.3 Å². The third-order valence-corrected chi connectivity index (χ3v) is 2.89. The fraction of sp³-hybridized carbons (Fsp3) is 0.455. The lowest BCUT2D eigenvalue weighted by molar-refractivity contribution is 0.0658. The van der Waals surface area contributed by atoms with Gasteiger partial charge in [0, 0.05) is 26.2 Å². The Kier molecular flexibility index (Phi) is 4.08. The van der Waals surface area contributed by atoms with Gasteiger partial charge in [-0.3, -0.25) is 10.2 Å². The highest BCUT2D eigenvalue weighted by Gasteiger charge is 2.17. The Bertz CT molecular complexity index is 416. The molecule has 2 rings (SSSR count). The second-order valence-corrected chi connectivity index (χ2v) is 4.28. The van der Waals surface area contributed by atoms with E-state index in [1.54, 1.807) is 18.2 Å². The maximum absolute atomic E-state index is 12.0. The highest BCUT2D eigenvalue weighted by molar-refractivity contribution is 5.92. The van der Waals surface area contributed by atoms with Crippen LogP contribution in [0.5, 0.6) is 0 Å². The van der Waals surface area contributed by atoms with Crippen LogP contribution in [0.2, 0.25) is 0 Å². The summed E-state index contributed by atoms with van der Waals surface area (Å²) < 4.78 is 0. The smallest absolute Gasteiger partial charge is 0.284 e. The number of likely N-dealkylation sites (N-methyl/N-ethyl adjacent to an activating group) is 1. The van der Waals surface area contributed by atoms with Gasteiger partial charge in [-0.25, -0.2) is 15.8 Å². The van der Waals surface area contributed by atoms with Gasteiger partial charge in [-0.15, -0.1) is 0 Å². The van der Waals surface area contributed by atoms with Gasteiger partial charge >= 0.3 is 0 Å². The van der Waals surface area contributed by atoms with Gasteiger partial charge in [-0.2, -0.15) is 0 Å². The molecule has 0 radical (unpaired) electrons. The second-order valence-electron chi connectivity index (χ2n) is 4.28. The first-order valence-corrected chi connectivity index (χ1v) is 5.87. The van der Waals surface area contributed by atoms with Crippen LogP contribution in [0.3, 0.4) is 0 Å². The van der Waals surface area contributed by atoms with Crippen LogP contribution in [0.4, 0.5) is 5.82 Å². The predicted octanol–water partition coefficient (Wildman–Crippen LogP) is -0.741. The summed E-state index contributed by atoms with van der Waals surface area (Å²) in [4.78, 5) is 18.3. The molecule has 1 fully saturated rings. The number of pyridine rings is 1. The monoisotopic (exact) mass is 250 g/mol. The zero-order valence-corrected chi connectivity index (χ0v) is 10.4. The number of rotatable bonds is 3. The summed E-state index contributed by atoms with van der Waals surface area (Å²) >= 11 is 0. The van der Waals surface area contributed by atoms with Gasteiger partial charge in [-0.1, -0.05) is 6.07 Å². The van der Waals surface area contributed by atoms with Crippen molar-refractivity contribution in [2.45, 2.75) is 0 Å². The Morgan fingerprint density at radius 2 is 2.06 bits per heavy atom. The quantitative estimate of drug-likeness (QED) is 0.484. The Morgan fingerprint density at radius 3 is 2.72 bits per heavy atom. The number of carbonyl (C=O) groups is 1. The summed E-state index contributed by atoms with van der Waals surface area (Å²) in [6.07, 6.45) is 0. The van der Waals surface area contributed by atoms with Gasteiger partial charge in [0.25, 0.3) is 5.91 Å². The number of nitrogens with one attached hydrogen (secondary N) is 2. The SMILES string of the molecule is CN1CCN(NC(=O)c2cccc(NN)n2)CC1. The van der Waals surface area contributed by atoms with Gasteiger partial charge in [0.1, 0.15) is 11.5 Å². The molecule has 0 bridgehead atoms. The van der Waals surface area contributed by atoms with Crippen LogP contribution in [-0.4, -0.2) is 54.0 Å². The van der Waals surface area contributed by atoms with Crippen molar-refractivity contribution in [2.24, 2.45) is 5.84 Å². The summed E-state index contributed by atoms with van der Waals surface area (Å²) in [6, 6.07) is 5.10. The number of amides is 1. The molecule has 1 amide bonds. The van der Waals surface area contributed by atoms with Gasteiger partial charge in [0.05, 0.1) is 0 Å². The molecule has 18 heavy (non-hydrogen) atoms. The normalized spacial score (nSPS) is 17.4. The van der Waals surface area contributed by atoms with Crippen molar-refractivity contribution in [3.63, 3.8) is 0 Å². The lowest BCUT2D eigenvalue weighted by atomic mass is 10.3. The molecule has 7 heteroatoms. The van der Waals surface area contributed by atoms with Crippen LogP contribution in [0.15, 0.2) is 18.2 Å². The van der Waals surface area contributed by atoms with E-state index in [-0.39, 0.29) is 5.91 Å². The third-order valence-electron chi connectivity index (χ3n) is 2.89. The highest BCUT2D eigenvalue weighted by atomic mass is 16.2. The van der Waals surface area contributed by atoms with Crippen molar-refractivity contribution in [3.05, 3.63) is 23.9 Å². The Morgan fingerprint density at radius 1 is 1.33 bits per heavy atom. The number of hydrazine groups is 2. The van der Waals surface area contributed by atoms with Crippen LogP contribution >= 0.6 is 0 Å². The minimum atomic E-state index is -0.211. The first-order valence-electron chi connectivity index (χ1n) is 5.87. The minimum absolute atomic E-state index is 0.211. The molecule has 1 saturated heterocycles. The topological polar surface area (TPSA) is 86.5 Å². The lowest BCUT2D eigenvalue weighted by Gasteiger charge is -2.32. The number of nitrogen functional groups attached to an aromatic ring is 1. The minimum Gasteiger partial charge on any atom is -0.308 e. The van der Waals surface area contributed by atoms with Crippen molar-refractivity contribution in [3.8, 4) is 0 Å². The van der Waals surface area contributed by atoms with E-state index in [0.717, 1.165) is 26.2 Å². The van der Waals surface area contributed by atoms with Gasteiger partial charge in [0.2, 0.25) is 0 Å². The number of hydrogen-bond acceptors (Lipinski definition) is 6. The molecule has 0 saturated carbocycles. The average molecular weight is 250 g/mol. The van der Waals surface area contributed by atoms with E-state index in [2.05, 4.69) is 27.8 Å². The van der Waals surface area contributed by atoms with E-state index >= 15 is 0 Å². The van der Waals surface area contributed by atoms with Crippen LogP contribution in [0.25, 0.3) is 0 Å². The lowest BCUT2D eigenvalue weighted by Crippen LogP contribution is -2.52. The van der Waals surface area contributed by atoms with E-state index < -0.39 is 0 Å². The number of nitrogens with zero attached hydrogens (tertiary/aromatic N) is 3. The zero-order valence-electron chi connectivity index (χ0n) is 10.4. The molecular formula is C11H18N6O. The molecule has 0 unspecified atom stereocenters.